The summed E-state index contributed by atoms with van der Waals surface area (Å²) in [4.78, 5) is 16.5. The first-order chi connectivity index (χ1) is 11.0. The molecule has 2 aromatic rings. The lowest BCUT2D eigenvalue weighted by atomic mass is 10.1. The van der Waals surface area contributed by atoms with Gasteiger partial charge in [-0.25, -0.2) is 9.79 Å². The van der Waals surface area contributed by atoms with Gasteiger partial charge in [-0.3, -0.25) is 4.68 Å². The molecule has 0 atom stereocenters. The average Bonchev–Trinajstić information content (AvgIpc) is 3.03. The third kappa shape index (κ3) is 3.12. The van der Waals surface area contributed by atoms with Gasteiger partial charge in [-0.15, -0.1) is 0 Å². The predicted molar refractivity (Wildman–Crippen MR) is 92.0 cm³/mol. The van der Waals surface area contributed by atoms with E-state index in [2.05, 4.69) is 39.9 Å². The maximum Gasteiger partial charge on any atom is 0.363 e. The molecule has 0 spiro atoms. The maximum absolute atomic E-state index is 12.1. The van der Waals surface area contributed by atoms with E-state index in [1.807, 2.05) is 37.5 Å². The number of hydrogen-bond donors (Lipinski definition) is 0. The zero-order valence-corrected chi connectivity index (χ0v) is 14.7. The van der Waals surface area contributed by atoms with Crippen LogP contribution < -0.4 is 0 Å². The Morgan fingerprint density at radius 3 is 2.74 bits per heavy atom. The molecule has 23 heavy (non-hydrogen) atoms. The van der Waals surface area contributed by atoms with Crippen LogP contribution in [0.4, 0.5) is 0 Å². The van der Waals surface area contributed by atoms with E-state index < -0.39 is 5.97 Å². The van der Waals surface area contributed by atoms with Crippen molar-refractivity contribution in [1.82, 2.24) is 9.78 Å². The van der Waals surface area contributed by atoms with Crippen molar-refractivity contribution in [2.24, 2.45) is 12.0 Å². The zero-order valence-electron chi connectivity index (χ0n) is 13.1. The molecule has 0 saturated carbocycles. The van der Waals surface area contributed by atoms with Gasteiger partial charge >= 0.3 is 5.97 Å². The van der Waals surface area contributed by atoms with Crippen molar-refractivity contribution in [1.29, 1.82) is 0 Å². The van der Waals surface area contributed by atoms with E-state index in [1.54, 1.807) is 10.8 Å². The molecule has 1 aliphatic heterocycles. The second-order valence-electron chi connectivity index (χ2n) is 5.61. The molecule has 6 heteroatoms. The van der Waals surface area contributed by atoms with Crippen LogP contribution in [0, 0.1) is 0 Å². The second kappa shape index (κ2) is 6.12. The van der Waals surface area contributed by atoms with E-state index in [1.165, 1.54) is 0 Å². The fourth-order valence-electron chi connectivity index (χ4n) is 2.39. The average molecular weight is 374 g/mol. The monoisotopic (exact) mass is 373 g/mol. The minimum atomic E-state index is -0.450. The van der Waals surface area contributed by atoms with Crippen molar-refractivity contribution in [2.75, 3.05) is 0 Å². The molecule has 0 aliphatic carbocycles. The third-order valence-electron chi connectivity index (χ3n) is 3.45. The largest absolute Gasteiger partial charge is 0.402 e. The van der Waals surface area contributed by atoms with Crippen LogP contribution in [-0.2, 0) is 16.6 Å². The number of halogens is 1. The number of ether oxygens (including phenoxy) is 1. The minimum Gasteiger partial charge on any atom is -0.402 e. The molecule has 1 aromatic carbocycles. The highest BCUT2D eigenvalue weighted by molar-refractivity contribution is 9.10. The summed E-state index contributed by atoms with van der Waals surface area (Å²) in [6.07, 6.45) is 3.61. The van der Waals surface area contributed by atoms with Crippen molar-refractivity contribution in [3.8, 4) is 0 Å². The lowest BCUT2D eigenvalue weighted by Gasteiger charge is -2.01. The Balaban J connectivity index is 2.01. The number of benzene rings is 1. The maximum atomic E-state index is 12.1. The Kier molecular flexibility index (Phi) is 4.17. The first-order valence-electron chi connectivity index (χ1n) is 7.26. The number of aryl methyl sites for hydroxylation is 1. The number of carbonyl (C=O) groups is 1. The fraction of sp³-hybridized carbons (Fsp3) is 0.235. The van der Waals surface area contributed by atoms with Gasteiger partial charge in [0.15, 0.2) is 5.70 Å². The first kappa shape index (κ1) is 15.7. The number of hydrogen-bond acceptors (Lipinski definition) is 4. The van der Waals surface area contributed by atoms with Gasteiger partial charge in [0.1, 0.15) is 0 Å². The molecular formula is C17H16BrN3O2. The summed E-state index contributed by atoms with van der Waals surface area (Å²) in [7, 11) is 1.86. The van der Waals surface area contributed by atoms with E-state index in [0.29, 0.717) is 5.90 Å². The molecule has 118 valence electrons. The molecule has 3 rings (SSSR count). The van der Waals surface area contributed by atoms with Gasteiger partial charge in [0, 0.05) is 23.3 Å². The van der Waals surface area contributed by atoms with Crippen LogP contribution in [0.2, 0.25) is 0 Å². The molecule has 1 aliphatic rings. The van der Waals surface area contributed by atoms with Gasteiger partial charge in [-0.1, -0.05) is 26.0 Å². The topological polar surface area (TPSA) is 56.5 Å². The van der Waals surface area contributed by atoms with Crippen LogP contribution in [0.1, 0.15) is 36.6 Å². The summed E-state index contributed by atoms with van der Waals surface area (Å²) in [5.74, 6) is 0.116. The molecule has 0 bridgehead atoms. The summed E-state index contributed by atoms with van der Waals surface area (Å²) >= 11 is 3.44. The molecule has 0 unspecified atom stereocenters. The van der Waals surface area contributed by atoms with E-state index in [9.17, 15) is 4.79 Å². The fourth-order valence-corrected chi connectivity index (χ4v) is 2.84. The van der Waals surface area contributed by atoms with Gasteiger partial charge in [0.2, 0.25) is 5.90 Å². The normalized spacial score (nSPS) is 16.1. The Bertz CT molecular complexity index is 834. The first-order valence-corrected chi connectivity index (χ1v) is 8.06. The lowest BCUT2D eigenvalue weighted by molar-refractivity contribution is -0.129. The van der Waals surface area contributed by atoms with E-state index in [4.69, 9.17) is 4.74 Å². The van der Waals surface area contributed by atoms with E-state index in [0.717, 1.165) is 21.3 Å². The number of aromatic nitrogens is 2. The Hall–Kier alpha value is -2.21. The number of esters is 1. The number of rotatable bonds is 3. The zero-order chi connectivity index (χ0) is 16.6. The lowest BCUT2D eigenvalue weighted by Crippen LogP contribution is -2.05. The second-order valence-corrected chi connectivity index (χ2v) is 6.47. The summed E-state index contributed by atoms with van der Waals surface area (Å²) in [5.41, 5.74) is 2.84. The van der Waals surface area contributed by atoms with E-state index in [-0.39, 0.29) is 11.6 Å². The summed E-state index contributed by atoms with van der Waals surface area (Å²) < 4.78 is 7.87. The van der Waals surface area contributed by atoms with Crippen LogP contribution in [-0.4, -0.2) is 21.6 Å². The number of carbonyl (C=O) groups excluding carboxylic acids is 1. The summed E-state index contributed by atoms with van der Waals surface area (Å²) in [5, 5.41) is 4.43. The van der Waals surface area contributed by atoms with Crippen molar-refractivity contribution < 1.29 is 9.53 Å². The minimum absolute atomic E-state index is 0.257. The summed E-state index contributed by atoms with van der Waals surface area (Å²) in [6.45, 7) is 4.13. The van der Waals surface area contributed by atoms with Gasteiger partial charge in [0.25, 0.3) is 0 Å². The van der Waals surface area contributed by atoms with E-state index >= 15 is 0 Å². The van der Waals surface area contributed by atoms with Gasteiger partial charge in [-0.05, 0) is 40.1 Å². The Morgan fingerprint density at radius 2 is 2.04 bits per heavy atom. The highest BCUT2D eigenvalue weighted by Crippen LogP contribution is 2.26. The molecule has 2 heterocycles. The number of nitrogens with zero attached hydrogens (tertiary/aromatic N) is 3. The molecule has 0 fully saturated rings. The summed E-state index contributed by atoms with van der Waals surface area (Å²) in [6, 6.07) is 7.50. The predicted octanol–water partition coefficient (Wildman–Crippen LogP) is 3.65. The molecule has 0 amide bonds. The third-order valence-corrected chi connectivity index (χ3v) is 4.14. The van der Waals surface area contributed by atoms with Gasteiger partial charge in [-0.2, -0.15) is 5.10 Å². The number of aliphatic imine (C=N–C) groups is 1. The quantitative estimate of drug-likeness (QED) is 0.609. The van der Waals surface area contributed by atoms with Gasteiger partial charge in [0.05, 0.1) is 11.3 Å². The van der Waals surface area contributed by atoms with Gasteiger partial charge < -0.3 is 4.74 Å². The molecular weight excluding hydrogens is 358 g/mol. The Morgan fingerprint density at radius 1 is 1.30 bits per heavy atom. The standard InChI is InChI=1S/C17H16BrN3O2/c1-10(2)15-11(9-21(3)20-15)8-14-17(22)23-16(19-14)12-6-4-5-7-13(12)18/h4-10H,1-3H3/b14-8-. The van der Waals surface area contributed by atoms with Crippen LogP contribution in [0.3, 0.4) is 0 Å². The number of cyclic esters (lactones) is 1. The van der Waals surface area contributed by atoms with Crippen molar-refractivity contribution in [2.45, 2.75) is 19.8 Å². The van der Waals surface area contributed by atoms with Crippen LogP contribution in [0.15, 0.2) is 45.6 Å². The van der Waals surface area contributed by atoms with Crippen molar-refractivity contribution in [3.05, 3.63) is 57.5 Å². The smallest absolute Gasteiger partial charge is 0.363 e. The van der Waals surface area contributed by atoms with Crippen molar-refractivity contribution in [3.63, 3.8) is 0 Å². The molecule has 0 radical (unpaired) electrons. The molecule has 0 saturated heterocycles. The highest BCUT2D eigenvalue weighted by atomic mass is 79.9. The SMILES string of the molecule is CC(C)c1nn(C)cc1/C=C1\N=C(c2ccccc2Br)OC1=O. The van der Waals surface area contributed by atoms with Crippen LogP contribution in [0.5, 0.6) is 0 Å². The Labute approximate surface area is 142 Å². The van der Waals surface area contributed by atoms with Crippen molar-refractivity contribution >= 4 is 33.9 Å². The molecule has 1 aromatic heterocycles. The van der Waals surface area contributed by atoms with Crippen LogP contribution in [0.25, 0.3) is 6.08 Å². The van der Waals surface area contributed by atoms with Crippen LogP contribution >= 0.6 is 15.9 Å². The molecule has 0 N–H and O–H groups in total. The molecule has 5 nitrogen and oxygen atoms in total. The highest BCUT2D eigenvalue weighted by Gasteiger charge is 2.26.